The minimum absolute atomic E-state index is 0.558. The molecule has 0 unspecified atom stereocenters. The minimum Gasteiger partial charge on any atom is -0.489 e. The van der Waals surface area contributed by atoms with Crippen molar-refractivity contribution in [2.75, 3.05) is 5.32 Å². The zero-order valence-electron chi connectivity index (χ0n) is 13.7. The van der Waals surface area contributed by atoms with Crippen LogP contribution in [-0.2, 0) is 6.61 Å². The molecule has 3 aromatic carbocycles. The summed E-state index contributed by atoms with van der Waals surface area (Å²) in [6.07, 6.45) is 1.82. The van der Waals surface area contributed by atoms with Gasteiger partial charge in [-0.3, -0.25) is 4.98 Å². The Labute approximate surface area is 146 Å². The Morgan fingerprint density at radius 3 is 2.56 bits per heavy atom. The van der Waals surface area contributed by atoms with Crippen molar-refractivity contribution >= 4 is 22.3 Å². The van der Waals surface area contributed by atoms with Crippen LogP contribution in [0.2, 0.25) is 0 Å². The quantitative estimate of drug-likeness (QED) is 0.521. The number of anilines is 2. The van der Waals surface area contributed by atoms with Crippen LogP contribution < -0.4 is 10.1 Å². The van der Waals surface area contributed by atoms with E-state index in [4.69, 9.17) is 4.74 Å². The van der Waals surface area contributed by atoms with Gasteiger partial charge in [-0.2, -0.15) is 0 Å². The van der Waals surface area contributed by atoms with Gasteiger partial charge < -0.3 is 10.1 Å². The average molecular weight is 326 g/mol. The molecule has 122 valence electrons. The Bertz CT molecular complexity index is 978. The van der Waals surface area contributed by atoms with Crippen molar-refractivity contribution in [3.8, 4) is 5.75 Å². The van der Waals surface area contributed by atoms with Crippen LogP contribution in [0.1, 0.15) is 5.56 Å². The molecule has 25 heavy (non-hydrogen) atoms. The summed E-state index contributed by atoms with van der Waals surface area (Å²) in [6, 6.07) is 28.3. The number of nitrogens with one attached hydrogen (secondary N) is 1. The van der Waals surface area contributed by atoms with Crippen LogP contribution in [0.5, 0.6) is 5.75 Å². The predicted octanol–water partition coefficient (Wildman–Crippen LogP) is 5.56. The van der Waals surface area contributed by atoms with Crippen molar-refractivity contribution in [3.63, 3.8) is 0 Å². The van der Waals surface area contributed by atoms with Crippen molar-refractivity contribution in [1.82, 2.24) is 4.98 Å². The van der Waals surface area contributed by atoms with Gasteiger partial charge in [0.15, 0.2) is 0 Å². The lowest BCUT2D eigenvalue weighted by atomic mass is 10.2. The van der Waals surface area contributed by atoms with Crippen molar-refractivity contribution in [3.05, 3.63) is 96.7 Å². The third-order valence-corrected chi connectivity index (χ3v) is 4.01. The standard InChI is InChI=1S/C22H18N2O/c1-2-7-17(8-3-1)16-25-19-10-6-9-18(15-19)24-22-13-14-23-21-12-5-4-11-20(21)22/h1-15H,16H2,(H,23,24). The van der Waals surface area contributed by atoms with Gasteiger partial charge in [-0.1, -0.05) is 54.6 Å². The van der Waals surface area contributed by atoms with E-state index in [1.54, 1.807) is 0 Å². The molecule has 0 spiro atoms. The summed E-state index contributed by atoms with van der Waals surface area (Å²) < 4.78 is 5.91. The van der Waals surface area contributed by atoms with Gasteiger partial charge in [-0.15, -0.1) is 0 Å². The Morgan fingerprint density at radius 1 is 0.800 bits per heavy atom. The molecule has 0 aliphatic rings. The number of aromatic nitrogens is 1. The molecule has 0 fully saturated rings. The fourth-order valence-corrected chi connectivity index (χ4v) is 2.76. The molecule has 3 nitrogen and oxygen atoms in total. The third-order valence-electron chi connectivity index (χ3n) is 4.01. The number of benzene rings is 3. The number of pyridine rings is 1. The van der Waals surface area contributed by atoms with Gasteiger partial charge >= 0.3 is 0 Å². The summed E-state index contributed by atoms with van der Waals surface area (Å²) >= 11 is 0. The van der Waals surface area contributed by atoms with Gasteiger partial charge in [0.05, 0.1) is 5.52 Å². The van der Waals surface area contributed by atoms with Crippen molar-refractivity contribution < 1.29 is 4.74 Å². The summed E-state index contributed by atoms with van der Waals surface area (Å²) in [7, 11) is 0. The molecule has 1 heterocycles. The maximum absolute atomic E-state index is 5.91. The molecule has 0 atom stereocenters. The van der Waals surface area contributed by atoms with Crippen molar-refractivity contribution in [1.29, 1.82) is 0 Å². The number of rotatable bonds is 5. The van der Waals surface area contributed by atoms with Crippen LogP contribution in [-0.4, -0.2) is 4.98 Å². The number of fused-ring (bicyclic) bond motifs is 1. The van der Waals surface area contributed by atoms with E-state index in [2.05, 4.69) is 28.5 Å². The monoisotopic (exact) mass is 326 g/mol. The van der Waals surface area contributed by atoms with Crippen LogP contribution in [0.4, 0.5) is 11.4 Å². The molecule has 0 aliphatic heterocycles. The molecule has 0 aliphatic carbocycles. The summed E-state index contributed by atoms with van der Waals surface area (Å²) in [5, 5.41) is 4.56. The topological polar surface area (TPSA) is 34.1 Å². The van der Waals surface area contributed by atoms with Crippen LogP contribution >= 0.6 is 0 Å². The van der Waals surface area contributed by atoms with Crippen LogP contribution in [0.3, 0.4) is 0 Å². The highest BCUT2D eigenvalue weighted by Crippen LogP contribution is 2.27. The number of nitrogens with zero attached hydrogens (tertiary/aromatic N) is 1. The van der Waals surface area contributed by atoms with E-state index < -0.39 is 0 Å². The maximum Gasteiger partial charge on any atom is 0.121 e. The lowest BCUT2D eigenvalue weighted by Gasteiger charge is -2.11. The van der Waals surface area contributed by atoms with E-state index in [1.165, 1.54) is 0 Å². The molecule has 4 rings (SSSR count). The molecule has 0 saturated heterocycles. The van der Waals surface area contributed by atoms with E-state index in [0.717, 1.165) is 33.6 Å². The van der Waals surface area contributed by atoms with Gasteiger partial charge in [-0.05, 0) is 29.8 Å². The van der Waals surface area contributed by atoms with Crippen LogP contribution in [0, 0.1) is 0 Å². The summed E-state index contributed by atoms with van der Waals surface area (Å²) in [5.74, 6) is 0.840. The van der Waals surface area contributed by atoms with Crippen LogP contribution in [0.25, 0.3) is 10.9 Å². The van der Waals surface area contributed by atoms with Gasteiger partial charge in [-0.25, -0.2) is 0 Å². The highest BCUT2D eigenvalue weighted by atomic mass is 16.5. The number of hydrogen-bond donors (Lipinski definition) is 1. The average Bonchev–Trinajstić information content (AvgIpc) is 2.68. The van der Waals surface area contributed by atoms with E-state index in [1.807, 2.05) is 72.9 Å². The Balaban J connectivity index is 1.53. The second-order valence-corrected chi connectivity index (χ2v) is 5.80. The highest BCUT2D eigenvalue weighted by Gasteiger charge is 2.03. The highest BCUT2D eigenvalue weighted by molar-refractivity contribution is 5.92. The lowest BCUT2D eigenvalue weighted by Crippen LogP contribution is -1.96. The first-order chi connectivity index (χ1) is 12.4. The van der Waals surface area contributed by atoms with E-state index in [-0.39, 0.29) is 0 Å². The van der Waals surface area contributed by atoms with Crippen LogP contribution in [0.15, 0.2) is 91.1 Å². The summed E-state index contributed by atoms with van der Waals surface area (Å²) in [6.45, 7) is 0.558. The molecule has 4 aromatic rings. The molecular weight excluding hydrogens is 308 g/mol. The second kappa shape index (κ2) is 7.05. The molecule has 3 heteroatoms. The number of hydrogen-bond acceptors (Lipinski definition) is 3. The third kappa shape index (κ3) is 3.61. The Kier molecular flexibility index (Phi) is 4.29. The minimum atomic E-state index is 0.558. The van der Waals surface area contributed by atoms with Gasteiger partial charge in [0.1, 0.15) is 12.4 Å². The fraction of sp³-hybridized carbons (Fsp3) is 0.0455. The molecule has 1 aromatic heterocycles. The second-order valence-electron chi connectivity index (χ2n) is 5.80. The normalized spacial score (nSPS) is 10.6. The molecule has 1 N–H and O–H groups in total. The van der Waals surface area contributed by atoms with Gasteiger partial charge in [0.2, 0.25) is 0 Å². The lowest BCUT2D eigenvalue weighted by molar-refractivity contribution is 0.306. The molecule has 0 saturated carbocycles. The van der Waals surface area contributed by atoms with E-state index in [0.29, 0.717) is 6.61 Å². The zero-order valence-corrected chi connectivity index (χ0v) is 13.7. The molecule has 0 bridgehead atoms. The number of para-hydroxylation sites is 1. The number of ether oxygens (including phenoxy) is 1. The summed E-state index contributed by atoms with van der Waals surface area (Å²) in [5.41, 5.74) is 4.15. The largest absolute Gasteiger partial charge is 0.489 e. The van der Waals surface area contributed by atoms with Crippen molar-refractivity contribution in [2.45, 2.75) is 6.61 Å². The zero-order chi connectivity index (χ0) is 16.9. The Hall–Kier alpha value is -3.33. The fourth-order valence-electron chi connectivity index (χ4n) is 2.76. The van der Waals surface area contributed by atoms with E-state index in [9.17, 15) is 0 Å². The molecular formula is C22H18N2O. The first-order valence-electron chi connectivity index (χ1n) is 8.26. The van der Waals surface area contributed by atoms with Gasteiger partial charge in [0, 0.05) is 29.0 Å². The van der Waals surface area contributed by atoms with Gasteiger partial charge in [0.25, 0.3) is 0 Å². The molecule has 0 radical (unpaired) electrons. The first kappa shape index (κ1) is 15.2. The Morgan fingerprint density at radius 2 is 1.64 bits per heavy atom. The maximum atomic E-state index is 5.91. The first-order valence-corrected chi connectivity index (χ1v) is 8.26. The SMILES string of the molecule is c1ccc(COc2cccc(Nc3ccnc4ccccc34)c2)cc1. The smallest absolute Gasteiger partial charge is 0.121 e. The molecule has 0 amide bonds. The summed E-state index contributed by atoms with van der Waals surface area (Å²) in [4.78, 5) is 4.40. The van der Waals surface area contributed by atoms with E-state index >= 15 is 0 Å². The predicted molar refractivity (Wildman–Crippen MR) is 102 cm³/mol. The van der Waals surface area contributed by atoms with Crippen molar-refractivity contribution in [2.24, 2.45) is 0 Å².